The number of aliphatic hydroxyl groups is 7. The van der Waals surface area contributed by atoms with Crippen molar-refractivity contribution in [1.29, 1.82) is 0 Å². The molecule has 37 heavy (non-hydrogen) atoms. The highest BCUT2D eigenvalue weighted by Crippen LogP contribution is 2.32. The lowest BCUT2D eigenvalue weighted by Crippen LogP contribution is -2.69. The number of likely N-dealkylation sites (N-methyl/N-ethyl adjacent to an activating group) is 4. The van der Waals surface area contributed by atoms with Crippen molar-refractivity contribution in [2.45, 2.75) is 98.2 Å². The summed E-state index contributed by atoms with van der Waals surface area (Å²) in [5.74, 6) is 0. The van der Waals surface area contributed by atoms with Gasteiger partial charge in [0.15, 0.2) is 12.6 Å². The Morgan fingerprint density at radius 2 is 1.19 bits per heavy atom. The molecule has 3 aliphatic rings. The highest BCUT2D eigenvalue weighted by Gasteiger charge is 2.52. The quantitative estimate of drug-likeness (QED) is 0.124. The summed E-state index contributed by atoms with van der Waals surface area (Å²) in [5, 5.41) is 85.1. The lowest BCUT2D eigenvalue weighted by atomic mass is 9.83. The van der Waals surface area contributed by atoms with Gasteiger partial charge in [-0.05, 0) is 34.6 Å². The molecule has 15 heteroatoms. The Labute approximate surface area is 216 Å². The van der Waals surface area contributed by atoms with Crippen LogP contribution in [0.25, 0.3) is 0 Å². The summed E-state index contributed by atoms with van der Waals surface area (Å²) in [7, 11) is 6.56. The standard InChI is InChI=1S/C22H44N4O11/c1-23-6-10-14(29)16(31)17(32)22(34-10)37-20-9(25-3)5-8(24-2)19(18(20)33)36-21-15(30)12(26-4)13(28)11(7-27)35-21/h8-33H,5-7H2,1-4H3/t8-,9?,10+,11-,12+,13?,14?,15?,16-,17?,18?,19-,20+,21?,22-/m1/s1. The average molecular weight is 541 g/mol. The molecule has 0 aromatic heterocycles. The van der Waals surface area contributed by atoms with Gasteiger partial charge < -0.3 is 76.0 Å². The van der Waals surface area contributed by atoms with Crippen LogP contribution < -0.4 is 21.3 Å². The Morgan fingerprint density at radius 3 is 1.68 bits per heavy atom. The summed E-state index contributed by atoms with van der Waals surface area (Å²) in [5.41, 5.74) is 0. The first-order valence-corrected chi connectivity index (χ1v) is 12.6. The van der Waals surface area contributed by atoms with Crippen LogP contribution in [0.3, 0.4) is 0 Å². The molecule has 15 atom stereocenters. The number of rotatable bonds is 10. The minimum atomic E-state index is -1.58. The topological polar surface area (TPSA) is 227 Å². The van der Waals surface area contributed by atoms with Crippen molar-refractivity contribution in [3.63, 3.8) is 0 Å². The van der Waals surface area contributed by atoms with Crippen LogP contribution in [0.15, 0.2) is 0 Å². The smallest absolute Gasteiger partial charge is 0.187 e. The number of nitrogens with one attached hydrogen (secondary N) is 4. The van der Waals surface area contributed by atoms with E-state index in [0.717, 1.165) is 0 Å². The van der Waals surface area contributed by atoms with Crippen LogP contribution in [-0.4, -0.2) is 169 Å². The van der Waals surface area contributed by atoms with Crippen LogP contribution in [0.2, 0.25) is 0 Å². The van der Waals surface area contributed by atoms with E-state index in [-0.39, 0.29) is 6.54 Å². The zero-order chi connectivity index (χ0) is 27.4. The van der Waals surface area contributed by atoms with Gasteiger partial charge in [0.2, 0.25) is 0 Å². The van der Waals surface area contributed by atoms with Crippen LogP contribution in [0.1, 0.15) is 6.42 Å². The van der Waals surface area contributed by atoms with E-state index in [0.29, 0.717) is 6.42 Å². The highest BCUT2D eigenvalue weighted by atomic mass is 16.7. The molecule has 3 fully saturated rings. The van der Waals surface area contributed by atoms with Crippen molar-refractivity contribution in [1.82, 2.24) is 21.3 Å². The molecule has 0 aromatic rings. The maximum atomic E-state index is 11.4. The fourth-order valence-corrected chi connectivity index (χ4v) is 5.37. The van der Waals surface area contributed by atoms with E-state index in [1.165, 1.54) is 0 Å². The van der Waals surface area contributed by atoms with Crippen LogP contribution >= 0.6 is 0 Å². The summed E-state index contributed by atoms with van der Waals surface area (Å²) in [6.07, 6.45) is -14.5. The number of hydrogen-bond donors (Lipinski definition) is 11. The third-order valence-corrected chi connectivity index (χ3v) is 7.59. The van der Waals surface area contributed by atoms with Crippen LogP contribution in [0.4, 0.5) is 0 Å². The SMILES string of the molecule is CNC[C@@H]1O[C@H](O[C@H]2C(NC)C[C@@H](NC)[C@@H](OC3O[C@H](CO)C(O)[C@H](NC)C3O)C2O)C(O)[C@H](O)C1O. The molecular weight excluding hydrogens is 496 g/mol. The Hall–Kier alpha value is -0.600. The summed E-state index contributed by atoms with van der Waals surface area (Å²) >= 11 is 0. The second-order valence-electron chi connectivity index (χ2n) is 9.81. The predicted molar refractivity (Wildman–Crippen MR) is 127 cm³/mol. The molecule has 1 aliphatic carbocycles. The van der Waals surface area contributed by atoms with Gasteiger partial charge in [-0.25, -0.2) is 0 Å². The average Bonchev–Trinajstić information content (AvgIpc) is 2.89. The summed E-state index contributed by atoms with van der Waals surface area (Å²) < 4.78 is 23.4. The molecule has 7 unspecified atom stereocenters. The molecule has 218 valence electrons. The summed E-state index contributed by atoms with van der Waals surface area (Å²) in [6.45, 7) is -0.330. The fourth-order valence-electron chi connectivity index (χ4n) is 5.37. The van der Waals surface area contributed by atoms with Gasteiger partial charge in [0.25, 0.3) is 0 Å². The first kappa shape index (κ1) is 30.9. The van der Waals surface area contributed by atoms with Crippen molar-refractivity contribution in [3.8, 4) is 0 Å². The molecule has 15 nitrogen and oxygen atoms in total. The maximum absolute atomic E-state index is 11.4. The van der Waals surface area contributed by atoms with Gasteiger partial charge in [0, 0.05) is 18.6 Å². The molecule has 0 radical (unpaired) electrons. The van der Waals surface area contributed by atoms with Crippen molar-refractivity contribution in [3.05, 3.63) is 0 Å². The van der Waals surface area contributed by atoms with Gasteiger partial charge >= 0.3 is 0 Å². The maximum Gasteiger partial charge on any atom is 0.187 e. The Morgan fingerprint density at radius 1 is 0.649 bits per heavy atom. The van der Waals surface area contributed by atoms with Gasteiger partial charge in [-0.15, -0.1) is 0 Å². The molecule has 2 heterocycles. The molecule has 0 aromatic carbocycles. The monoisotopic (exact) mass is 540 g/mol. The van der Waals surface area contributed by atoms with Gasteiger partial charge in [-0.1, -0.05) is 0 Å². The highest BCUT2D eigenvalue weighted by molar-refractivity contribution is 5.03. The number of hydrogen-bond acceptors (Lipinski definition) is 15. The van der Waals surface area contributed by atoms with E-state index in [4.69, 9.17) is 18.9 Å². The number of aliphatic hydroxyl groups excluding tert-OH is 7. The van der Waals surface area contributed by atoms with Crippen molar-refractivity contribution in [2.75, 3.05) is 41.3 Å². The van der Waals surface area contributed by atoms with Crippen LogP contribution in [-0.2, 0) is 18.9 Å². The Kier molecular flexibility index (Phi) is 11.4. The zero-order valence-electron chi connectivity index (χ0n) is 21.5. The van der Waals surface area contributed by atoms with E-state index in [1.54, 1.807) is 28.2 Å². The van der Waals surface area contributed by atoms with E-state index < -0.39 is 98.4 Å². The molecule has 0 amide bonds. The molecule has 0 bridgehead atoms. The van der Waals surface area contributed by atoms with E-state index in [1.807, 2.05) is 0 Å². The molecule has 3 rings (SSSR count). The molecule has 1 saturated carbocycles. The van der Waals surface area contributed by atoms with E-state index in [2.05, 4.69) is 21.3 Å². The molecule has 0 spiro atoms. The predicted octanol–water partition coefficient (Wildman–Crippen LogP) is -6.25. The van der Waals surface area contributed by atoms with Gasteiger partial charge in [0.1, 0.15) is 61.0 Å². The van der Waals surface area contributed by atoms with Crippen molar-refractivity contribution in [2.24, 2.45) is 0 Å². The molecule has 11 N–H and O–H groups in total. The zero-order valence-corrected chi connectivity index (χ0v) is 21.5. The first-order chi connectivity index (χ1) is 17.6. The first-order valence-electron chi connectivity index (χ1n) is 12.6. The third kappa shape index (κ3) is 6.42. The van der Waals surface area contributed by atoms with Crippen LogP contribution in [0.5, 0.6) is 0 Å². The largest absolute Gasteiger partial charge is 0.394 e. The van der Waals surface area contributed by atoms with Gasteiger partial charge in [0.05, 0.1) is 12.6 Å². The van der Waals surface area contributed by atoms with E-state index >= 15 is 0 Å². The normalized spacial score (nSPS) is 49.2. The second kappa shape index (κ2) is 13.6. The minimum Gasteiger partial charge on any atom is -0.394 e. The lowest BCUT2D eigenvalue weighted by Gasteiger charge is -2.49. The van der Waals surface area contributed by atoms with Gasteiger partial charge in [-0.2, -0.15) is 0 Å². The molecule has 2 aliphatic heterocycles. The molecule has 2 saturated heterocycles. The summed E-state index contributed by atoms with van der Waals surface area (Å²) in [6, 6.07) is -1.73. The van der Waals surface area contributed by atoms with Crippen molar-refractivity contribution >= 4 is 0 Å². The van der Waals surface area contributed by atoms with Gasteiger partial charge in [-0.3, -0.25) is 0 Å². The minimum absolute atomic E-state index is 0.183. The summed E-state index contributed by atoms with van der Waals surface area (Å²) in [4.78, 5) is 0. The Bertz CT molecular complexity index is 699. The Balaban J connectivity index is 1.80. The molecular formula is C22H44N4O11. The second-order valence-corrected chi connectivity index (χ2v) is 9.81. The fraction of sp³-hybridized carbons (Fsp3) is 1.00. The lowest BCUT2D eigenvalue weighted by molar-refractivity contribution is -0.334. The van der Waals surface area contributed by atoms with Crippen molar-refractivity contribution < 1.29 is 54.7 Å². The van der Waals surface area contributed by atoms with E-state index in [9.17, 15) is 35.7 Å². The third-order valence-electron chi connectivity index (χ3n) is 7.59. The number of ether oxygens (including phenoxy) is 4. The van der Waals surface area contributed by atoms with Crippen LogP contribution in [0, 0.1) is 0 Å².